The lowest BCUT2D eigenvalue weighted by atomic mass is 10.2. The highest BCUT2D eigenvalue weighted by Crippen LogP contribution is 2.18. The average molecular weight is 399 g/mol. The molecule has 0 bridgehead atoms. The van der Waals surface area contributed by atoms with Crippen molar-refractivity contribution in [2.24, 2.45) is 0 Å². The van der Waals surface area contributed by atoms with Crippen molar-refractivity contribution in [1.29, 1.82) is 0 Å². The van der Waals surface area contributed by atoms with E-state index in [0.29, 0.717) is 5.56 Å². The van der Waals surface area contributed by atoms with E-state index in [9.17, 15) is 22.0 Å². The molecule has 0 saturated heterocycles. The van der Waals surface area contributed by atoms with Crippen molar-refractivity contribution < 1.29 is 31.5 Å². The topological polar surface area (TPSA) is 81.7 Å². The Morgan fingerprint density at radius 3 is 2.44 bits per heavy atom. The maximum Gasteiger partial charge on any atom is 0.306 e. The molecule has 0 spiro atoms. The summed E-state index contributed by atoms with van der Waals surface area (Å²) in [7, 11) is -2.41. The third-order valence-corrected chi connectivity index (χ3v) is 5.07. The lowest BCUT2D eigenvalue weighted by molar-refractivity contribution is -0.145. The van der Waals surface area contributed by atoms with Gasteiger partial charge in [0.15, 0.2) is 11.6 Å². The van der Waals surface area contributed by atoms with Crippen molar-refractivity contribution in [2.45, 2.75) is 24.3 Å². The minimum atomic E-state index is -3.76. The van der Waals surface area contributed by atoms with Gasteiger partial charge in [-0.05, 0) is 48.4 Å². The van der Waals surface area contributed by atoms with Crippen LogP contribution in [0.4, 0.5) is 8.78 Å². The number of nitrogens with one attached hydrogen (secondary N) is 1. The number of esters is 1. The van der Waals surface area contributed by atoms with E-state index in [1.165, 1.54) is 19.2 Å². The van der Waals surface area contributed by atoms with E-state index in [-0.39, 0.29) is 36.6 Å². The van der Waals surface area contributed by atoms with E-state index in [1.807, 2.05) is 0 Å². The Morgan fingerprint density at radius 1 is 1.11 bits per heavy atom. The number of rotatable bonds is 9. The molecule has 0 saturated carbocycles. The monoisotopic (exact) mass is 399 g/mol. The normalized spacial score (nSPS) is 11.2. The molecule has 0 radical (unpaired) electrons. The van der Waals surface area contributed by atoms with Gasteiger partial charge in [0.1, 0.15) is 12.4 Å². The van der Waals surface area contributed by atoms with E-state index >= 15 is 0 Å². The van der Waals surface area contributed by atoms with Crippen molar-refractivity contribution >= 4 is 16.0 Å². The van der Waals surface area contributed by atoms with E-state index in [4.69, 9.17) is 9.47 Å². The van der Waals surface area contributed by atoms with Crippen molar-refractivity contribution in [3.8, 4) is 5.75 Å². The number of benzene rings is 2. The first-order valence-corrected chi connectivity index (χ1v) is 9.53. The molecule has 1 N–H and O–H groups in total. The van der Waals surface area contributed by atoms with Gasteiger partial charge in [-0.15, -0.1) is 0 Å². The summed E-state index contributed by atoms with van der Waals surface area (Å²) in [6.45, 7) is -0.0764. The molecule has 0 atom stereocenters. The number of carbonyl (C=O) groups is 1. The molecule has 2 aromatic rings. The number of ether oxygens (including phenoxy) is 2. The second-order valence-electron chi connectivity index (χ2n) is 5.58. The Bertz CT molecular complexity index is 885. The number of sulfonamides is 1. The summed E-state index contributed by atoms with van der Waals surface area (Å²) in [5, 5.41) is 0. The average Bonchev–Trinajstić information content (AvgIpc) is 2.64. The molecule has 0 aliphatic carbocycles. The summed E-state index contributed by atoms with van der Waals surface area (Å²) < 4.78 is 62.5. The van der Waals surface area contributed by atoms with E-state index in [0.717, 1.165) is 24.3 Å². The number of hydrogen-bond acceptors (Lipinski definition) is 5. The fourth-order valence-corrected chi connectivity index (χ4v) is 3.25. The van der Waals surface area contributed by atoms with Crippen molar-refractivity contribution in [2.75, 3.05) is 13.7 Å². The number of halogens is 2. The van der Waals surface area contributed by atoms with Gasteiger partial charge in [-0.25, -0.2) is 21.9 Å². The second kappa shape index (κ2) is 9.43. The third kappa shape index (κ3) is 6.30. The fourth-order valence-electron chi connectivity index (χ4n) is 2.17. The molecule has 0 heterocycles. The van der Waals surface area contributed by atoms with E-state index in [1.54, 1.807) is 6.07 Å². The Hall–Kier alpha value is -2.52. The lowest BCUT2D eigenvalue weighted by Crippen LogP contribution is -2.25. The summed E-state index contributed by atoms with van der Waals surface area (Å²) in [6, 6.07) is 8.62. The minimum Gasteiger partial charge on any atom is -0.494 e. The zero-order chi connectivity index (χ0) is 19.9. The molecular weight excluding hydrogens is 380 g/mol. The molecule has 0 aromatic heterocycles. The van der Waals surface area contributed by atoms with Crippen LogP contribution >= 0.6 is 0 Å². The highest BCUT2D eigenvalue weighted by Gasteiger charge is 2.14. The quantitative estimate of drug-likeness (QED) is 0.518. The molecule has 146 valence electrons. The van der Waals surface area contributed by atoms with Crippen LogP contribution in [0, 0.1) is 11.6 Å². The standard InChI is InChI=1S/C18H19F2NO5S/c1-25-17-9-4-13(11-16(17)20)12-26-18(22)3-2-10-21-27(23,24)15-7-5-14(19)6-8-15/h4-9,11,21H,2-3,10,12H2,1H3. The summed E-state index contributed by atoms with van der Waals surface area (Å²) in [6.07, 6.45) is 0.209. The molecule has 2 rings (SSSR count). The number of carbonyl (C=O) groups excluding carboxylic acids is 1. The van der Waals surface area contributed by atoms with Crippen LogP contribution in [0.1, 0.15) is 18.4 Å². The van der Waals surface area contributed by atoms with Crippen LogP contribution in [0.3, 0.4) is 0 Å². The first-order valence-electron chi connectivity index (χ1n) is 8.05. The Labute approximate surface area is 156 Å². The van der Waals surface area contributed by atoms with E-state index < -0.39 is 27.6 Å². The first kappa shape index (κ1) is 20.8. The fraction of sp³-hybridized carbons (Fsp3) is 0.278. The van der Waals surface area contributed by atoms with Gasteiger partial charge in [-0.1, -0.05) is 6.07 Å². The molecule has 0 fully saturated rings. The van der Waals surface area contributed by atoms with Gasteiger partial charge >= 0.3 is 5.97 Å². The van der Waals surface area contributed by atoms with E-state index in [2.05, 4.69) is 4.72 Å². The van der Waals surface area contributed by atoms with Crippen LogP contribution in [-0.4, -0.2) is 28.0 Å². The van der Waals surface area contributed by atoms with Gasteiger partial charge < -0.3 is 9.47 Å². The lowest BCUT2D eigenvalue weighted by Gasteiger charge is -2.08. The van der Waals surface area contributed by atoms with Gasteiger partial charge in [0.05, 0.1) is 12.0 Å². The summed E-state index contributed by atoms with van der Waals surface area (Å²) in [5.74, 6) is -1.53. The maximum atomic E-state index is 13.5. The highest BCUT2D eigenvalue weighted by molar-refractivity contribution is 7.89. The van der Waals surface area contributed by atoms with Gasteiger partial charge in [0.25, 0.3) is 0 Å². The van der Waals surface area contributed by atoms with Crippen LogP contribution in [0.25, 0.3) is 0 Å². The smallest absolute Gasteiger partial charge is 0.306 e. The summed E-state index contributed by atoms with van der Waals surface area (Å²) in [4.78, 5) is 11.6. The molecule has 2 aromatic carbocycles. The van der Waals surface area contributed by atoms with Crippen LogP contribution in [0.15, 0.2) is 47.4 Å². The summed E-state index contributed by atoms with van der Waals surface area (Å²) >= 11 is 0. The predicted molar refractivity (Wildman–Crippen MR) is 93.6 cm³/mol. The predicted octanol–water partition coefficient (Wildman–Crippen LogP) is 2.78. The minimum absolute atomic E-state index is 0.00935. The number of hydrogen-bond donors (Lipinski definition) is 1. The molecule has 0 amide bonds. The van der Waals surface area contributed by atoms with Gasteiger partial charge in [0, 0.05) is 13.0 Å². The molecule has 0 unspecified atom stereocenters. The van der Waals surface area contributed by atoms with Crippen LogP contribution in [0.2, 0.25) is 0 Å². The largest absolute Gasteiger partial charge is 0.494 e. The Morgan fingerprint density at radius 2 is 1.81 bits per heavy atom. The van der Waals surface area contributed by atoms with Crippen LogP contribution in [0.5, 0.6) is 5.75 Å². The molecule has 9 heteroatoms. The first-order chi connectivity index (χ1) is 12.8. The SMILES string of the molecule is COc1ccc(COC(=O)CCCNS(=O)(=O)c2ccc(F)cc2)cc1F. The van der Waals surface area contributed by atoms with Gasteiger partial charge in [-0.2, -0.15) is 0 Å². The zero-order valence-electron chi connectivity index (χ0n) is 14.6. The zero-order valence-corrected chi connectivity index (χ0v) is 15.4. The Balaban J connectivity index is 1.73. The molecule has 6 nitrogen and oxygen atoms in total. The third-order valence-electron chi connectivity index (χ3n) is 3.59. The van der Waals surface area contributed by atoms with Crippen LogP contribution in [-0.2, 0) is 26.2 Å². The Kier molecular flexibility index (Phi) is 7.26. The molecule has 27 heavy (non-hydrogen) atoms. The highest BCUT2D eigenvalue weighted by atomic mass is 32.2. The van der Waals surface area contributed by atoms with Crippen molar-refractivity contribution in [3.63, 3.8) is 0 Å². The van der Waals surface area contributed by atoms with Gasteiger partial charge in [-0.3, -0.25) is 4.79 Å². The van der Waals surface area contributed by atoms with Crippen molar-refractivity contribution in [3.05, 3.63) is 59.7 Å². The van der Waals surface area contributed by atoms with Crippen LogP contribution < -0.4 is 9.46 Å². The molecule has 0 aliphatic heterocycles. The second-order valence-corrected chi connectivity index (χ2v) is 7.35. The molecular formula is C18H19F2NO5S. The van der Waals surface area contributed by atoms with Crippen molar-refractivity contribution in [1.82, 2.24) is 4.72 Å². The molecule has 0 aliphatic rings. The number of methoxy groups -OCH3 is 1. The van der Waals surface area contributed by atoms with Gasteiger partial charge in [0.2, 0.25) is 10.0 Å². The summed E-state index contributed by atoms with van der Waals surface area (Å²) in [5.41, 5.74) is 0.471. The maximum absolute atomic E-state index is 13.5.